The molecule has 1 heterocycles. The maximum atomic E-state index is 8.97. The van der Waals surface area contributed by atoms with Gasteiger partial charge in [-0.3, -0.25) is 4.99 Å². The minimum atomic E-state index is -0.0103. The average molecular weight is 289 g/mol. The van der Waals surface area contributed by atoms with Crippen molar-refractivity contribution in [3.8, 4) is 11.5 Å². The number of nitrogens with one attached hydrogen (secondary N) is 1. The molecule has 4 nitrogen and oxygen atoms in total. The molecular weight excluding hydrogens is 276 g/mol. The van der Waals surface area contributed by atoms with Gasteiger partial charge in [0.15, 0.2) is 5.75 Å². The zero-order valence-corrected chi connectivity index (χ0v) is 11.4. The summed E-state index contributed by atoms with van der Waals surface area (Å²) in [6.45, 7) is 0.306. The highest BCUT2D eigenvalue weighted by molar-refractivity contribution is 6.31. The first-order chi connectivity index (χ1) is 9.78. The molecule has 0 bridgehead atoms. The molecule has 2 N–H and O–H groups in total. The van der Waals surface area contributed by atoms with E-state index in [-0.39, 0.29) is 6.61 Å². The van der Waals surface area contributed by atoms with E-state index in [0.29, 0.717) is 23.2 Å². The lowest BCUT2D eigenvalue weighted by atomic mass is 10.2. The fourth-order valence-electron chi connectivity index (χ4n) is 2.04. The van der Waals surface area contributed by atoms with Gasteiger partial charge < -0.3 is 15.2 Å². The van der Waals surface area contributed by atoms with Crippen LogP contribution >= 0.6 is 11.6 Å². The lowest BCUT2D eigenvalue weighted by molar-refractivity contribution is 0.307. The normalized spacial score (nSPS) is 14.8. The van der Waals surface area contributed by atoms with Gasteiger partial charge in [-0.15, -0.1) is 0 Å². The summed E-state index contributed by atoms with van der Waals surface area (Å²) in [5.41, 5.74) is 1.61. The SMILES string of the molecule is OCCN=C1Nc2ccccc2Oc2ccc(Cl)cc21. The quantitative estimate of drug-likeness (QED) is 0.891. The Balaban J connectivity index is 2.14. The van der Waals surface area contributed by atoms with Crippen LogP contribution < -0.4 is 10.1 Å². The molecule has 1 aliphatic rings. The van der Waals surface area contributed by atoms with E-state index < -0.39 is 0 Å². The van der Waals surface area contributed by atoms with E-state index in [2.05, 4.69) is 10.3 Å². The van der Waals surface area contributed by atoms with Crippen molar-refractivity contribution in [2.24, 2.45) is 4.99 Å². The highest BCUT2D eigenvalue weighted by Gasteiger charge is 2.19. The predicted molar refractivity (Wildman–Crippen MR) is 80.1 cm³/mol. The van der Waals surface area contributed by atoms with Crippen LogP contribution in [-0.4, -0.2) is 24.1 Å². The zero-order chi connectivity index (χ0) is 13.9. The van der Waals surface area contributed by atoms with Crippen LogP contribution in [0.4, 0.5) is 5.69 Å². The first kappa shape index (κ1) is 13.0. The first-order valence-electron chi connectivity index (χ1n) is 6.27. The first-order valence-corrected chi connectivity index (χ1v) is 6.65. The maximum absolute atomic E-state index is 8.97. The Hall–Kier alpha value is -2.04. The van der Waals surface area contributed by atoms with Gasteiger partial charge in [0.1, 0.15) is 11.6 Å². The minimum Gasteiger partial charge on any atom is -0.454 e. The van der Waals surface area contributed by atoms with Gasteiger partial charge in [0.2, 0.25) is 0 Å². The van der Waals surface area contributed by atoms with E-state index in [1.165, 1.54) is 0 Å². The highest BCUT2D eigenvalue weighted by Crippen LogP contribution is 2.36. The van der Waals surface area contributed by atoms with Crippen molar-refractivity contribution in [2.45, 2.75) is 0 Å². The third-order valence-corrected chi connectivity index (χ3v) is 3.16. The van der Waals surface area contributed by atoms with Gasteiger partial charge in [-0.1, -0.05) is 23.7 Å². The van der Waals surface area contributed by atoms with E-state index in [4.69, 9.17) is 21.4 Å². The van der Waals surface area contributed by atoms with Crippen molar-refractivity contribution in [3.63, 3.8) is 0 Å². The molecule has 0 radical (unpaired) electrons. The molecule has 0 spiro atoms. The number of rotatable bonds is 2. The van der Waals surface area contributed by atoms with E-state index in [1.807, 2.05) is 30.3 Å². The number of aliphatic imine (C=N–C) groups is 1. The molecule has 20 heavy (non-hydrogen) atoms. The molecule has 0 saturated carbocycles. The van der Waals surface area contributed by atoms with Crippen molar-refractivity contribution < 1.29 is 9.84 Å². The Morgan fingerprint density at radius 1 is 1.15 bits per heavy atom. The molecule has 5 heteroatoms. The average Bonchev–Trinajstić information content (AvgIpc) is 2.61. The Morgan fingerprint density at radius 3 is 2.85 bits per heavy atom. The fourth-order valence-corrected chi connectivity index (χ4v) is 2.21. The largest absolute Gasteiger partial charge is 0.454 e. The van der Waals surface area contributed by atoms with Crippen molar-refractivity contribution in [3.05, 3.63) is 53.1 Å². The number of aliphatic hydroxyl groups is 1. The van der Waals surface area contributed by atoms with Crippen LogP contribution in [0.15, 0.2) is 47.5 Å². The zero-order valence-electron chi connectivity index (χ0n) is 10.6. The molecule has 0 amide bonds. The van der Waals surface area contributed by atoms with Crippen molar-refractivity contribution in [1.29, 1.82) is 0 Å². The molecule has 0 saturated heterocycles. The molecule has 102 valence electrons. The molecule has 2 aromatic rings. The summed E-state index contributed by atoms with van der Waals surface area (Å²) in [6, 6.07) is 13.0. The summed E-state index contributed by atoms with van der Waals surface area (Å²) in [7, 11) is 0. The lowest BCUT2D eigenvalue weighted by Crippen LogP contribution is -2.14. The Kier molecular flexibility index (Phi) is 3.58. The van der Waals surface area contributed by atoms with Gasteiger partial charge >= 0.3 is 0 Å². The van der Waals surface area contributed by atoms with Crippen molar-refractivity contribution in [2.75, 3.05) is 18.5 Å². The second kappa shape index (κ2) is 5.53. The van der Waals surface area contributed by atoms with Crippen molar-refractivity contribution >= 4 is 23.1 Å². The number of benzene rings is 2. The van der Waals surface area contributed by atoms with Gasteiger partial charge in [-0.25, -0.2) is 0 Å². The highest BCUT2D eigenvalue weighted by atomic mass is 35.5. The second-order valence-corrected chi connectivity index (χ2v) is 4.75. The number of aliphatic hydroxyl groups excluding tert-OH is 1. The number of nitrogens with zero attached hydrogens (tertiary/aromatic N) is 1. The third kappa shape index (κ3) is 2.48. The van der Waals surface area contributed by atoms with Crippen LogP contribution in [0.1, 0.15) is 5.56 Å². The van der Waals surface area contributed by atoms with Crippen LogP contribution in [-0.2, 0) is 0 Å². The van der Waals surface area contributed by atoms with Crippen LogP contribution in [0.3, 0.4) is 0 Å². The van der Waals surface area contributed by atoms with E-state index in [1.54, 1.807) is 12.1 Å². The van der Waals surface area contributed by atoms with Crippen molar-refractivity contribution in [1.82, 2.24) is 0 Å². The van der Waals surface area contributed by atoms with Crippen LogP contribution in [0.2, 0.25) is 5.02 Å². The lowest BCUT2D eigenvalue weighted by Gasteiger charge is -2.08. The fraction of sp³-hybridized carbons (Fsp3) is 0.133. The Bertz CT molecular complexity index is 671. The van der Waals surface area contributed by atoms with Gasteiger partial charge in [0, 0.05) is 5.02 Å². The molecule has 2 aromatic carbocycles. The molecule has 3 rings (SSSR count). The van der Waals surface area contributed by atoms with Gasteiger partial charge in [0.05, 0.1) is 24.4 Å². The third-order valence-electron chi connectivity index (χ3n) is 2.93. The number of anilines is 1. The molecule has 1 aliphatic heterocycles. The minimum absolute atomic E-state index is 0.0103. The second-order valence-electron chi connectivity index (χ2n) is 4.32. The van der Waals surface area contributed by atoms with E-state index in [0.717, 1.165) is 17.0 Å². The topological polar surface area (TPSA) is 53.9 Å². The summed E-state index contributed by atoms with van der Waals surface area (Å²) in [6.07, 6.45) is 0. The molecular formula is C15H13ClN2O2. The number of halogens is 1. The van der Waals surface area contributed by atoms with Crippen LogP contribution in [0.25, 0.3) is 0 Å². The monoisotopic (exact) mass is 288 g/mol. The summed E-state index contributed by atoms with van der Waals surface area (Å²) in [5, 5.41) is 12.8. The molecule has 0 unspecified atom stereocenters. The Morgan fingerprint density at radius 2 is 2.00 bits per heavy atom. The Labute approximate surface area is 121 Å². The number of para-hydroxylation sites is 2. The van der Waals surface area contributed by atoms with E-state index in [9.17, 15) is 0 Å². The summed E-state index contributed by atoms with van der Waals surface area (Å²) >= 11 is 6.05. The van der Waals surface area contributed by atoms with Gasteiger partial charge in [-0.2, -0.15) is 0 Å². The summed E-state index contributed by atoms with van der Waals surface area (Å²) in [5.74, 6) is 2.05. The summed E-state index contributed by atoms with van der Waals surface area (Å²) in [4.78, 5) is 4.36. The summed E-state index contributed by atoms with van der Waals surface area (Å²) < 4.78 is 5.90. The van der Waals surface area contributed by atoms with Crippen LogP contribution in [0, 0.1) is 0 Å². The maximum Gasteiger partial charge on any atom is 0.150 e. The number of ether oxygens (including phenoxy) is 1. The number of hydrogen-bond donors (Lipinski definition) is 2. The molecule has 0 aromatic heterocycles. The van der Waals surface area contributed by atoms with Crippen LogP contribution in [0.5, 0.6) is 11.5 Å². The standard InChI is InChI=1S/C15H13ClN2O2/c16-10-5-6-13-11(9-10)15(17-7-8-19)18-12-3-1-2-4-14(12)20-13/h1-6,9,19H,7-8H2,(H,17,18). The van der Waals surface area contributed by atoms with Gasteiger partial charge in [0.25, 0.3) is 0 Å². The predicted octanol–water partition coefficient (Wildman–Crippen LogP) is 3.30. The van der Waals surface area contributed by atoms with Gasteiger partial charge in [-0.05, 0) is 30.3 Å². The number of hydrogen-bond acceptors (Lipinski definition) is 3. The molecule has 0 atom stereocenters. The van der Waals surface area contributed by atoms with E-state index >= 15 is 0 Å². The number of fused-ring (bicyclic) bond motifs is 2. The molecule has 0 aliphatic carbocycles. The molecule has 0 fully saturated rings. The smallest absolute Gasteiger partial charge is 0.150 e. The number of amidine groups is 1.